The summed E-state index contributed by atoms with van der Waals surface area (Å²) in [6.45, 7) is 3.85. The summed E-state index contributed by atoms with van der Waals surface area (Å²) >= 11 is 7.05. The molecular formula is C13H15Br2NO. The van der Waals surface area contributed by atoms with Crippen molar-refractivity contribution in [2.24, 2.45) is 5.92 Å². The van der Waals surface area contributed by atoms with E-state index in [9.17, 15) is 4.79 Å². The van der Waals surface area contributed by atoms with Crippen LogP contribution in [0.25, 0.3) is 0 Å². The van der Waals surface area contributed by atoms with Crippen molar-refractivity contribution >= 4 is 37.8 Å². The van der Waals surface area contributed by atoms with Crippen LogP contribution in [-0.2, 0) is 0 Å². The standard InChI is InChI=1S/C13H15Br2NO/c1-9-8-16(6-5-12(9)15)13(17)10-3-2-4-11(14)7-10/h2-4,7,9,12H,5-6,8H2,1H3. The summed E-state index contributed by atoms with van der Waals surface area (Å²) in [7, 11) is 0. The van der Waals surface area contributed by atoms with E-state index in [1.807, 2.05) is 29.2 Å². The van der Waals surface area contributed by atoms with E-state index in [1.54, 1.807) is 0 Å². The number of carbonyl (C=O) groups is 1. The van der Waals surface area contributed by atoms with Crippen LogP contribution in [0.15, 0.2) is 28.7 Å². The lowest BCUT2D eigenvalue weighted by Gasteiger charge is -2.34. The third-order valence-electron chi connectivity index (χ3n) is 3.16. The lowest BCUT2D eigenvalue weighted by molar-refractivity contribution is 0.0690. The first-order chi connectivity index (χ1) is 8.08. The molecule has 1 saturated heterocycles. The van der Waals surface area contributed by atoms with Gasteiger partial charge in [-0.25, -0.2) is 0 Å². The Morgan fingerprint density at radius 1 is 1.47 bits per heavy atom. The smallest absolute Gasteiger partial charge is 0.253 e. The molecule has 1 heterocycles. The van der Waals surface area contributed by atoms with Crippen LogP contribution >= 0.6 is 31.9 Å². The van der Waals surface area contributed by atoms with Gasteiger partial charge in [0.1, 0.15) is 0 Å². The SMILES string of the molecule is CC1CN(C(=O)c2cccc(Br)c2)CCC1Br. The van der Waals surface area contributed by atoms with Gasteiger partial charge in [0.2, 0.25) is 0 Å². The molecule has 0 N–H and O–H groups in total. The van der Waals surface area contributed by atoms with E-state index in [1.165, 1.54) is 0 Å². The molecule has 0 saturated carbocycles. The van der Waals surface area contributed by atoms with Gasteiger partial charge in [-0.15, -0.1) is 0 Å². The molecule has 0 aromatic heterocycles. The van der Waals surface area contributed by atoms with E-state index in [-0.39, 0.29) is 5.91 Å². The number of benzene rings is 1. The van der Waals surface area contributed by atoms with Crippen molar-refractivity contribution in [2.75, 3.05) is 13.1 Å². The molecule has 2 atom stereocenters. The summed E-state index contributed by atoms with van der Waals surface area (Å²) in [5.74, 6) is 0.650. The second-order valence-electron chi connectivity index (χ2n) is 4.54. The number of amides is 1. The maximum atomic E-state index is 12.3. The Kier molecular flexibility index (Phi) is 4.26. The Morgan fingerprint density at radius 2 is 2.24 bits per heavy atom. The normalized spacial score (nSPS) is 24.8. The average molecular weight is 361 g/mol. The number of likely N-dealkylation sites (tertiary alicyclic amines) is 1. The summed E-state index contributed by atoms with van der Waals surface area (Å²) in [4.78, 5) is 14.8. The minimum absolute atomic E-state index is 0.137. The van der Waals surface area contributed by atoms with Gasteiger partial charge in [0.15, 0.2) is 0 Å². The van der Waals surface area contributed by atoms with E-state index in [4.69, 9.17) is 0 Å². The van der Waals surface area contributed by atoms with E-state index in [2.05, 4.69) is 38.8 Å². The fraction of sp³-hybridized carbons (Fsp3) is 0.462. The zero-order valence-electron chi connectivity index (χ0n) is 9.70. The molecule has 4 heteroatoms. The van der Waals surface area contributed by atoms with Gasteiger partial charge in [-0.3, -0.25) is 4.79 Å². The van der Waals surface area contributed by atoms with Gasteiger partial charge >= 0.3 is 0 Å². The molecule has 17 heavy (non-hydrogen) atoms. The monoisotopic (exact) mass is 359 g/mol. The molecule has 1 aromatic carbocycles. The highest BCUT2D eigenvalue weighted by Crippen LogP contribution is 2.24. The number of piperidine rings is 1. The third kappa shape index (κ3) is 3.10. The molecule has 2 rings (SSSR count). The predicted octanol–water partition coefficient (Wildman–Crippen LogP) is 3.69. The number of hydrogen-bond acceptors (Lipinski definition) is 1. The molecular weight excluding hydrogens is 346 g/mol. The average Bonchev–Trinajstić information content (AvgIpc) is 2.32. The zero-order chi connectivity index (χ0) is 12.4. The summed E-state index contributed by atoms with van der Waals surface area (Å²) < 4.78 is 0.951. The van der Waals surface area contributed by atoms with Crippen molar-refractivity contribution in [3.05, 3.63) is 34.3 Å². The van der Waals surface area contributed by atoms with Crippen LogP contribution in [0.4, 0.5) is 0 Å². The van der Waals surface area contributed by atoms with Gasteiger partial charge in [0.25, 0.3) is 5.91 Å². The number of carbonyl (C=O) groups excluding carboxylic acids is 1. The van der Waals surface area contributed by atoms with Gasteiger partial charge < -0.3 is 4.90 Å². The molecule has 1 amide bonds. The van der Waals surface area contributed by atoms with Crippen molar-refractivity contribution in [3.8, 4) is 0 Å². The molecule has 2 unspecified atom stereocenters. The molecule has 1 aromatic rings. The van der Waals surface area contributed by atoms with Gasteiger partial charge in [-0.1, -0.05) is 44.8 Å². The van der Waals surface area contributed by atoms with Crippen molar-refractivity contribution in [1.82, 2.24) is 4.90 Å². The summed E-state index contributed by atoms with van der Waals surface area (Å²) in [5.41, 5.74) is 0.764. The van der Waals surface area contributed by atoms with E-state index >= 15 is 0 Å². The fourth-order valence-corrected chi connectivity index (χ4v) is 2.88. The molecule has 1 fully saturated rings. The minimum Gasteiger partial charge on any atom is -0.338 e. The second-order valence-corrected chi connectivity index (χ2v) is 6.64. The molecule has 1 aliphatic heterocycles. The number of rotatable bonds is 1. The van der Waals surface area contributed by atoms with Crippen molar-refractivity contribution in [2.45, 2.75) is 18.2 Å². The lowest BCUT2D eigenvalue weighted by Crippen LogP contribution is -2.43. The van der Waals surface area contributed by atoms with Crippen molar-refractivity contribution < 1.29 is 4.79 Å². The number of hydrogen-bond donors (Lipinski definition) is 0. The minimum atomic E-state index is 0.137. The maximum Gasteiger partial charge on any atom is 0.253 e. The van der Waals surface area contributed by atoms with E-state index in [0.717, 1.165) is 29.5 Å². The first-order valence-electron chi connectivity index (χ1n) is 5.77. The zero-order valence-corrected chi connectivity index (χ0v) is 12.9. The highest BCUT2D eigenvalue weighted by molar-refractivity contribution is 9.10. The highest BCUT2D eigenvalue weighted by Gasteiger charge is 2.27. The Balaban J connectivity index is 2.10. The quantitative estimate of drug-likeness (QED) is 0.699. The Hall–Kier alpha value is -0.350. The first kappa shape index (κ1) is 13.1. The summed E-state index contributed by atoms with van der Waals surface area (Å²) in [6.07, 6.45) is 1.03. The van der Waals surface area contributed by atoms with Crippen LogP contribution in [0.2, 0.25) is 0 Å². The van der Waals surface area contributed by atoms with Crippen LogP contribution in [-0.4, -0.2) is 28.7 Å². The first-order valence-corrected chi connectivity index (χ1v) is 7.47. The molecule has 0 aliphatic carbocycles. The number of alkyl halides is 1. The lowest BCUT2D eigenvalue weighted by atomic mass is 9.99. The second kappa shape index (κ2) is 5.53. The molecule has 1 aliphatic rings. The van der Waals surface area contributed by atoms with Gasteiger partial charge in [0, 0.05) is 28.0 Å². The maximum absolute atomic E-state index is 12.3. The largest absolute Gasteiger partial charge is 0.338 e. The van der Waals surface area contributed by atoms with Crippen LogP contribution < -0.4 is 0 Å². The Morgan fingerprint density at radius 3 is 2.88 bits per heavy atom. The number of halogens is 2. The third-order valence-corrected chi connectivity index (χ3v) is 5.01. The summed E-state index contributed by atoms with van der Waals surface area (Å²) in [5, 5.41) is 0. The highest BCUT2D eigenvalue weighted by atomic mass is 79.9. The van der Waals surface area contributed by atoms with Crippen LogP contribution in [0.5, 0.6) is 0 Å². The summed E-state index contributed by atoms with van der Waals surface area (Å²) in [6, 6.07) is 7.59. The fourth-order valence-electron chi connectivity index (χ4n) is 2.11. The van der Waals surface area contributed by atoms with E-state index < -0.39 is 0 Å². The molecule has 2 nitrogen and oxygen atoms in total. The number of nitrogens with zero attached hydrogens (tertiary/aromatic N) is 1. The van der Waals surface area contributed by atoms with E-state index in [0.29, 0.717) is 10.7 Å². The van der Waals surface area contributed by atoms with Crippen LogP contribution in [0, 0.1) is 5.92 Å². The molecule has 0 bridgehead atoms. The topological polar surface area (TPSA) is 20.3 Å². The van der Waals surface area contributed by atoms with Crippen LogP contribution in [0.1, 0.15) is 23.7 Å². The van der Waals surface area contributed by atoms with Crippen molar-refractivity contribution in [3.63, 3.8) is 0 Å². The van der Waals surface area contributed by atoms with Gasteiger partial charge in [0.05, 0.1) is 0 Å². The molecule has 0 radical (unpaired) electrons. The van der Waals surface area contributed by atoms with Crippen molar-refractivity contribution in [1.29, 1.82) is 0 Å². The van der Waals surface area contributed by atoms with Gasteiger partial charge in [-0.05, 0) is 30.5 Å². The Labute approximate surface area is 119 Å². The van der Waals surface area contributed by atoms with Gasteiger partial charge in [-0.2, -0.15) is 0 Å². The Bertz CT molecular complexity index is 422. The molecule has 92 valence electrons. The predicted molar refractivity (Wildman–Crippen MR) is 76.5 cm³/mol. The molecule has 0 spiro atoms. The van der Waals surface area contributed by atoms with Crippen LogP contribution in [0.3, 0.4) is 0 Å².